The lowest BCUT2D eigenvalue weighted by atomic mass is 10.0. The van der Waals surface area contributed by atoms with Crippen molar-refractivity contribution in [3.05, 3.63) is 83.1 Å². The van der Waals surface area contributed by atoms with E-state index in [-0.39, 0.29) is 102 Å². The van der Waals surface area contributed by atoms with Gasteiger partial charge in [0.1, 0.15) is 34.6 Å². The molecule has 6 aliphatic rings. The second kappa shape index (κ2) is 40.1. The highest BCUT2D eigenvalue weighted by Crippen LogP contribution is 2.47. The van der Waals surface area contributed by atoms with Crippen LogP contribution in [-0.2, 0) is 81.0 Å². The molecule has 0 aromatic heterocycles. The van der Waals surface area contributed by atoms with E-state index in [1.54, 1.807) is 32.6 Å². The molecule has 544 valence electrons. The number of aliphatic carboxylic acids is 1. The minimum absolute atomic E-state index is 0.0150. The number of ketones is 2. The van der Waals surface area contributed by atoms with Gasteiger partial charge in [-0.3, -0.25) is 43.3 Å². The summed E-state index contributed by atoms with van der Waals surface area (Å²) in [4.78, 5) is 130. The average Bonchev–Trinajstić information content (AvgIpc) is 1.62. The highest BCUT2D eigenvalue weighted by Gasteiger charge is 2.55. The number of Topliss-reactive ketones (excluding diaryl/α,β-unsaturated/α-hetero) is 2. The summed E-state index contributed by atoms with van der Waals surface area (Å²) in [6.45, 7) is 31.5. The molecule has 0 spiro atoms. The molecule has 5 fully saturated rings. The summed E-state index contributed by atoms with van der Waals surface area (Å²) in [7, 11) is 8.28. The second-order valence-electron chi connectivity index (χ2n) is 26.8. The van der Waals surface area contributed by atoms with Crippen LogP contribution < -0.4 is 5.32 Å². The van der Waals surface area contributed by atoms with Crippen LogP contribution in [0.15, 0.2) is 71.9 Å². The molecule has 1 aliphatic carbocycles. The molecule has 5 aliphatic heterocycles. The Bertz CT molecular complexity index is 2960. The Labute approximate surface area is 574 Å². The Morgan fingerprint density at radius 3 is 1.34 bits per heavy atom. The van der Waals surface area contributed by atoms with Gasteiger partial charge in [0.15, 0.2) is 0 Å². The van der Waals surface area contributed by atoms with Crippen LogP contribution in [0, 0.1) is 29.1 Å². The molecular weight excluding hydrogens is 1250 g/mol. The number of allylic oxidation sites excluding steroid dienone is 1. The number of nitrogens with one attached hydrogen (secondary N) is 1. The van der Waals surface area contributed by atoms with Crippen LogP contribution in [0.3, 0.4) is 0 Å². The zero-order valence-electron chi connectivity index (χ0n) is 61.2. The summed E-state index contributed by atoms with van der Waals surface area (Å²) < 4.78 is 38.2. The number of carboxylic acid groups (broad SMARTS) is 1. The Hall–Kier alpha value is -7.93. The van der Waals surface area contributed by atoms with E-state index in [9.17, 15) is 52.7 Å². The van der Waals surface area contributed by atoms with Crippen LogP contribution in [0.1, 0.15) is 178 Å². The third-order valence-corrected chi connectivity index (χ3v) is 18.0. The summed E-state index contributed by atoms with van der Waals surface area (Å²) in [6.07, 6.45) is 4.12. The molecule has 10 atom stereocenters. The molecule has 1 saturated carbocycles. The summed E-state index contributed by atoms with van der Waals surface area (Å²) in [5.41, 5.74) is 2.61. The fourth-order valence-electron chi connectivity index (χ4n) is 11.9. The lowest BCUT2D eigenvalue weighted by Crippen LogP contribution is -2.41. The molecule has 4 saturated heterocycles. The zero-order valence-corrected chi connectivity index (χ0v) is 61.2. The van der Waals surface area contributed by atoms with Gasteiger partial charge in [0, 0.05) is 55.5 Å². The predicted octanol–water partition coefficient (Wildman–Crippen LogP) is 9.88. The number of carbonyl (C=O) groups is 11. The first-order chi connectivity index (χ1) is 45.3. The van der Waals surface area contributed by atoms with E-state index in [1.165, 1.54) is 72.5 Å². The molecule has 0 radical (unpaired) electrons. The average molecular weight is 1370 g/mol. The van der Waals surface area contributed by atoms with Crippen molar-refractivity contribution < 1.29 is 95.7 Å². The number of benzene rings is 2. The molecular formula is C72H111N5O20. The van der Waals surface area contributed by atoms with Gasteiger partial charge in [0.05, 0.1) is 77.9 Å². The van der Waals surface area contributed by atoms with Crippen LogP contribution in [-0.4, -0.2) is 201 Å². The molecule has 2 N–H and O–H groups in total. The third-order valence-electron chi connectivity index (χ3n) is 18.0. The maximum atomic E-state index is 11.9. The summed E-state index contributed by atoms with van der Waals surface area (Å²) >= 11 is 0. The number of likely N-dealkylation sites (tertiary alicyclic amines) is 3. The summed E-state index contributed by atoms with van der Waals surface area (Å²) in [5.74, 6) is -3.19. The summed E-state index contributed by atoms with van der Waals surface area (Å²) in [5, 5.41) is 12.1. The van der Waals surface area contributed by atoms with Gasteiger partial charge in [-0.05, 0) is 173 Å². The maximum absolute atomic E-state index is 11.9. The van der Waals surface area contributed by atoms with Crippen molar-refractivity contribution in [3.63, 3.8) is 0 Å². The molecule has 25 nitrogen and oxygen atoms in total. The van der Waals surface area contributed by atoms with Crippen molar-refractivity contribution in [2.45, 2.75) is 203 Å². The highest BCUT2D eigenvalue weighted by molar-refractivity contribution is 6.05. The molecule has 2 aromatic carbocycles. The van der Waals surface area contributed by atoms with E-state index in [0.29, 0.717) is 44.8 Å². The van der Waals surface area contributed by atoms with Crippen molar-refractivity contribution in [2.24, 2.45) is 29.1 Å². The highest BCUT2D eigenvalue weighted by atomic mass is 16.6. The Kier molecular flexibility index (Phi) is 35.2. The molecule has 97 heavy (non-hydrogen) atoms. The topological polar surface area (TPSA) is 307 Å². The minimum Gasteiger partial charge on any atom is -0.481 e. The Morgan fingerprint density at radius 1 is 0.557 bits per heavy atom. The van der Waals surface area contributed by atoms with E-state index >= 15 is 0 Å². The lowest BCUT2D eigenvalue weighted by Gasteiger charge is -2.30. The third kappa shape index (κ3) is 26.4. The van der Waals surface area contributed by atoms with Crippen molar-refractivity contribution in [2.75, 3.05) is 75.4 Å². The van der Waals surface area contributed by atoms with E-state index in [2.05, 4.69) is 86.5 Å². The van der Waals surface area contributed by atoms with Crippen LogP contribution >= 0.6 is 0 Å². The summed E-state index contributed by atoms with van der Waals surface area (Å²) in [6, 6.07) is 21.5. The van der Waals surface area contributed by atoms with Crippen LogP contribution in [0.2, 0.25) is 0 Å². The van der Waals surface area contributed by atoms with E-state index < -0.39 is 40.6 Å². The number of carbonyl (C=O) groups excluding carboxylic acids is 10. The van der Waals surface area contributed by atoms with Gasteiger partial charge in [-0.1, -0.05) is 60.7 Å². The van der Waals surface area contributed by atoms with Crippen molar-refractivity contribution >= 4 is 65.5 Å². The lowest BCUT2D eigenvalue weighted by molar-refractivity contribution is -0.151. The maximum Gasteiger partial charge on any atom is 0.410 e. The minimum atomic E-state index is -0.849. The SMILES string of the molecule is COC(=O)C1(C(C)=O)CC1.COC(=O)C1=C(C)N([C@@H](C)c2ccccc2)CC1.COC(=O)CC(C)=O.COC(=O)[C@H]1CCN(C(=O)OC(C)(C)C)[C@H]1C.COC(=O)[C@H]1CCN([C@@H](C)c2ccccc2)[C@H]1C.COC(=O)[C@H]1CCN[C@H]1C.C[C@H]1[C@@H](C(=O)O)CCN1C(=O)OC(C)(C)C. The van der Waals surface area contributed by atoms with E-state index in [0.717, 1.165) is 50.2 Å². The molecule has 8 rings (SSSR count). The van der Waals surface area contributed by atoms with Gasteiger partial charge in [0.25, 0.3) is 0 Å². The van der Waals surface area contributed by atoms with Crippen molar-refractivity contribution in [1.29, 1.82) is 0 Å². The number of hydrogen-bond donors (Lipinski definition) is 2. The number of amides is 2. The van der Waals surface area contributed by atoms with E-state index in [1.807, 2.05) is 65.8 Å². The molecule has 5 heterocycles. The van der Waals surface area contributed by atoms with Crippen LogP contribution in [0.5, 0.6) is 0 Å². The first-order valence-corrected chi connectivity index (χ1v) is 33.1. The first kappa shape index (κ1) is 85.2. The van der Waals surface area contributed by atoms with Crippen molar-refractivity contribution in [3.8, 4) is 0 Å². The number of ether oxygens (including phenoxy) is 8. The van der Waals surface area contributed by atoms with Gasteiger partial charge in [-0.2, -0.15) is 0 Å². The standard InChI is InChI=1S/C15H21NO2.C15H19NO2.C12H21NO4.C11H19NO4.C7H13NO2.C7H10O3.C5H8O3/c2*1-11(13-7-5-4-6-8-13)16-10-9-14(12(16)2)15(17)18-3;1-8-9(10(14)16-5)6-7-13(8)11(15)17-12(2,3)4;1-7-8(9(13)14)5-6-12(7)10(15)16-11(2,3)4;1-5-6(3-4-8-5)7(9)10-2;1-5(8)7(3-4-7)6(9)10-2;1-4(6)3-5(7)8-2/h4-8,11-12,14H,9-10H2,1-3H3;4-8,11H,9-10H2,1-3H3;8-9H,6-7H2,1-5H3;7-8H,5-6H2,1-4H3,(H,13,14);5-6,8H,3-4H2,1-2H3;3-4H2,1-2H3;3H2,1-2H3/t11-,12-,14-;11-;8-,9-;7-,8-;5-,6-;;/m00000../s1. The Balaban J connectivity index is 0.000000392. The molecule has 0 bridgehead atoms. The van der Waals surface area contributed by atoms with Gasteiger partial charge >= 0.3 is 54.0 Å². The van der Waals surface area contributed by atoms with Gasteiger partial charge < -0.3 is 63.0 Å². The van der Waals surface area contributed by atoms with Gasteiger partial charge in [-0.25, -0.2) is 14.4 Å². The number of methoxy groups -OCH3 is 6. The monoisotopic (exact) mass is 1370 g/mol. The fraction of sp³-hybridized carbons (Fsp3) is 0.653. The van der Waals surface area contributed by atoms with Crippen molar-refractivity contribution in [1.82, 2.24) is 24.9 Å². The number of esters is 6. The molecule has 25 heteroatoms. The van der Waals surface area contributed by atoms with E-state index in [4.69, 9.17) is 28.8 Å². The van der Waals surface area contributed by atoms with Crippen LogP contribution in [0.4, 0.5) is 9.59 Å². The number of nitrogens with zero attached hydrogens (tertiary/aromatic N) is 4. The fourth-order valence-corrected chi connectivity index (χ4v) is 11.9. The number of rotatable bonds is 13. The number of carboxylic acids is 1. The van der Waals surface area contributed by atoms with Gasteiger partial charge in [-0.15, -0.1) is 0 Å². The molecule has 2 amide bonds. The smallest absolute Gasteiger partial charge is 0.410 e. The largest absolute Gasteiger partial charge is 0.481 e. The quantitative estimate of drug-likeness (QED) is 0.107. The number of hydrogen-bond acceptors (Lipinski definition) is 22. The van der Waals surface area contributed by atoms with Gasteiger partial charge in [0.2, 0.25) is 0 Å². The second-order valence-corrected chi connectivity index (χ2v) is 26.8. The predicted molar refractivity (Wildman–Crippen MR) is 362 cm³/mol. The van der Waals surface area contributed by atoms with Crippen LogP contribution in [0.25, 0.3) is 0 Å². The zero-order chi connectivity index (χ0) is 73.9. The normalized spacial score (nSPS) is 22.5. The first-order valence-electron chi connectivity index (χ1n) is 33.1. The Morgan fingerprint density at radius 2 is 0.990 bits per heavy atom. The molecule has 0 unspecified atom stereocenters. The molecule has 2 aromatic rings.